The summed E-state index contributed by atoms with van der Waals surface area (Å²) >= 11 is 3.40. The highest BCUT2D eigenvalue weighted by Gasteiger charge is 2.45. The third kappa shape index (κ3) is 3.01. The molecule has 3 rings (SSSR count). The van der Waals surface area contributed by atoms with Crippen LogP contribution < -0.4 is 0 Å². The molecule has 4 nitrogen and oxygen atoms in total. The fourth-order valence-corrected chi connectivity index (χ4v) is 3.13. The minimum atomic E-state index is -1.45. The molecule has 0 saturated heterocycles. The third-order valence-electron chi connectivity index (χ3n) is 4.21. The molecule has 0 bridgehead atoms. The van der Waals surface area contributed by atoms with E-state index >= 15 is 0 Å². The lowest BCUT2D eigenvalue weighted by Crippen LogP contribution is -2.43. The zero-order chi connectivity index (χ0) is 17.3. The molecule has 5 heteroatoms. The summed E-state index contributed by atoms with van der Waals surface area (Å²) in [6, 6.07) is 14.7. The second-order valence-electron chi connectivity index (χ2n) is 6.01. The number of hydrazone groups is 1. The molecular formula is C19H19BrN2O2. The van der Waals surface area contributed by atoms with Crippen LogP contribution in [0, 0.1) is 6.92 Å². The molecule has 0 radical (unpaired) electrons. The van der Waals surface area contributed by atoms with Gasteiger partial charge in [0.05, 0.1) is 0 Å². The van der Waals surface area contributed by atoms with Crippen molar-refractivity contribution >= 4 is 27.5 Å². The molecule has 2 aromatic rings. The summed E-state index contributed by atoms with van der Waals surface area (Å²) in [6.07, 6.45) is 1.01. The van der Waals surface area contributed by atoms with Crippen LogP contribution in [-0.2, 0) is 5.72 Å². The Hall–Kier alpha value is -1.98. The van der Waals surface area contributed by atoms with Crippen molar-refractivity contribution in [2.24, 2.45) is 5.10 Å². The smallest absolute Gasteiger partial charge is 0.276 e. The molecular weight excluding hydrogens is 368 g/mol. The van der Waals surface area contributed by atoms with Gasteiger partial charge >= 0.3 is 0 Å². The first-order chi connectivity index (χ1) is 11.4. The summed E-state index contributed by atoms with van der Waals surface area (Å²) in [5.74, 6) is -0.299. The van der Waals surface area contributed by atoms with Crippen LogP contribution in [0.25, 0.3) is 0 Å². The molecule has 0 fully saturated rings. The number of hydrogen-bond donors (Lipinski definition) is 1. The van der Waals surface area contributed by atoms with Gasteiger partial charge in [0, 0.05) is 27.7 Å². The highest BCUT2D eigenvalue weighted by Crippen LogP contribution is 2.37. The lowest BCUT2D eigenvalue weighted by molar-refractivity contribution is -0.0765. The number of nitrogens with zero attached hydrogens (tertiary/aromatic N) is 2. The topological polar surface area (TPSA) is 52.9 Å². The Labute approximate surface area is 149 Å². The standard InChI is InChI=1S/C19H19BrN2O2/c1-3-17-12-19(24,15-7-9-16(20)10-8-15)22(21-17)18(23)14-6-4-5-13(2)11-14/h4-11,24H,3,12H2,1-2H3. The zero-order valence-corrected chi connectivity index (χ0v) is 15.2. The van der Waals surface area contributed by atoms with Crippen LogP contribution in [0.15, 0.2) is 58.1 Å². The van der Waals surface area contributed by atoms with E-state index in [4.69, 9.17) is 0 Å². The lowest BCUT2D eigenvalue weighted by atomic mass is 9.96. The molecule has 1 unspecified atom stereocenters. The maximum absolute atomic E-state index is 13.0. The Morgan fingerprint density at radius 2 is 2.00 bits per heavy atom. The van der Waals surface area contributed by atoms with Gasteiger partial charge < -0.3 is 5.11 Å². The summed E-state index contributed by atoms with van der Waals surface area (Å²) in [4.78, 5) is 13.0. The van der Waals surface area contributed by atoms with Crippen molar-refractivity contribution in [2.75, 3.05) is 0 Å². The first kappa shape index (κ1) is 16.9. The molecule has 0 aliphatic carbocycles. The number of hydrogen-bond acceptors (Lipinski definition) is 3. The van der Waals surface area contributed by atoms with Crippen molar-refractivity contribution in [2.45, 2.75) is 32.4 Å². The number of carbonyl (C=O) groups is 1. The van der Waals surface area contributed by atoms with Gasteiger partial charge in [0.2, 0.25) is 0 Å². The maximum atomic E-state index is 13.0. The van der Waals surface area contributed by atoms with E-state index in [1.807, 2.05) is 56.3 Å². The predicted molar refractivity (Wildman–Crippen MR) is 97.7 cm³/mol. The van der Waals surface area contributed by atoms with Crippen LogP contribution in [0.1, 0.15) is 41.3 Å². The van der Waals surface area contributed by atoms with E-state index in [1.54, 1.807) is 6.07 Å². The van der Waals surface area contributed by atoms with Crippen LogP contribution in [0.2, 0.25) is 0 Å². The summed E-state index contributed by atoms with van der Waals surface area (Å²) in [6.45, 7) is 3.91. The lowest BCUT2D eigenvalue weighted by Gasteiger charge is -2.31. The minimum Gasteiger partial charge on any atom is -0.365 e. The van der Waals surface area contributed by atoms with E-state index in [0.717, 1.165) is 15.7 Å². The highest BCUT2D eigenvalue weighted by molar-refractivity contribution is 9.10. The van der Waals surface area contributed by atoms with Crippen LogP contribution in [0.4, 0.5) is 0 Å². The van der Waals surface area contributed by atoms with Gasteiger partial charge in [0.25, 0.3) is 5.91 Å². The molecule has 0 saturated carbocycles. The molecule has 0 aromatic heterocycles. The Balaban J connectivity index is 2.03. The molecule has 124 valence electrons. The highest BCUT2D eigenvalue weighted by atomic mass is 79.9. The van der Waals surface area contributed by atoms with Crippen molar-refractivity contribution in [1.29, 1.82) is 0 Å². The van der Waals surface area contributed by atoms with Crippen molar-refractivity contribution < 1.29 is 9.90 Å². The number of aryl methyl sites for hydroxylation is 1. The number of halogens is 1. The monoisotopic (exact) mass is 386 g/mol. The maximum Gasteiger partial charge on any atom is 0.276 e. The van der Waals surface area contributed by atoms with Gasteiger partial charge in [-0.05, 0) is 37.6 Å². The van der Waals surface area contributed by atoms with Crippen LogP contribution in [-0.4, -0.2) is 21.7 Å². The van der Waals surface area contributed by atoms with Crippen LogP contribution in [0.5, 0.6) is 0 Å². The average Bonchev–Trinajstić information content (AvgIpc) is 2.93. The second-order valence-corrected chi connectivity index (χ2v) is 6.92. The SMILES string of the molecule is CCC1=NN(C(=O)c2cccc(C)c2)C(O)(c2ccc(Br)cc2)C1. The second kappa shape index (κ2) is 6.49. The normalized spacial score (nSPS) is 20.2. The Bertz CT molecular complexity index is 801. The van der Waals surface area contributed by atoms with E-state index in [0.29, 0.717) is 24.0 Å². The van der Waals surface area contributed by atoms with Gasteiger partial charge in [-0.3, -0.25) is 4.79 Å². The van der Waals surface area contributed by atoms with E-state index in [-0.39, 0.29) is 5.91 Å². The van der Waals surface area contributed by atoms with Crippen molar-refractivity contribution in [3.8, 4) is 0 Å². The van der Waals surface area contributed by atoms with Crippen LogP contribution >= 0.6 is 15.9 Å². The Kier molecular flexibility index (Phi) is 4.56. The summed E-state index contributed by atoms with van der Waals surface area (Å²) in [5.41, 5.74) is 1.52. The molecule has 1 N–H and O–H groups in total. The van der Waals surface area contributed by atoms with Crippen LogP contribution in [0.3, 0.4) is 0 Å². The van der Waals surface area contributed by atoms with Crippen molar-refractivity contribution in [1.82, 2.24) is 5.01 Å². The van der Waals surface area contributed by atoms with Gasteiger partial charge in [-0.25, -0.2) is 0 Å². The summed E-state index contributed by atoms with van der Waals surface area (Å²) < 4.78 is 0.918. The van der Waals surface area contributed by atoms with Gasteiger partial charge in [-0.15, -0.1) is 0 Å². The number of carbonyl (C=O) groups excluding carboxylic acids is 1. The van der Waals surface area contributed by atoms with Gasteiger partial charge in [-0.1, -0.05) is 52.7 Å². The van der Waals surface area contributed by atoms with Gasteiger partial charge in [0.15, 0.2) is 5.72 Å². The molecule has 2 aromatic carbocycles. The molecule has 1 aliphatic rings. The summed E-state index contributed by atoms with van der Waals surface area (Å²) in [7, 11) is 0. The largest absolute Gasteiger partial charge is 0.365 e. The molecule has 1 aliphatic heterocycles. The minimum absolute atomic E-state index is 0.299. The first-order valence-corrected chi connectivity index (χ1v) is 8.69. The average molecular weight is 387 g/mol. The van der Waals surface area contributed by atoms with E-state index in [1.165, 1.54) is 5.01 Å². The molecule has 24 heavy (non-hydrogen) atoms. The quantitative estimate of drug-likeness (QED) is 0.858. The van der Waals surface area contributed by atoms with Gasteiger partial charge in [0.1, 0.15) is 0 Å². The molecule has 1 amide bonds. The van der Waals surface area contributed by atoms with E-state index in [2.05, 4.69) is 21.0 Å². The van der Waals surface area contributed by atoms with E-state index < -0.39 is 5.72 Å². The Morgan fingerprint density at radius 1 is 1.29 bits per heavy atom. The third-order valence-corrected chi connectivity index (χ3v) is 4.74. The van der Waals surface area contributed by atoms with Crippen molar-refractivity contribution in [3.63, 3.8) is 0 Å². The molecule has 1 heterocycles. The zero-order valence-electron chi connectivity index (χ0n) is 13.7. The number of rotatable bonds is 3. The fourth-order valence-electron chi connectivity index (χ4n) is 2.87. The number of aliphatic hydroxyl groups is 1. The molecule has 0 spiro atoms. The molecule has 1 atom stereocenters. The van der Waals surface area contributed by atoms with Gasteiger partial charge in [-0.2, -0.15) is 10.1 Å². The fraction of sp³-hybridized carbons (Fsp3) is 0.263. The first-order valence-electron chi connectivity index (χ1n) is 7.90. The predicted octanol–water partition coefficient (Wildman–Crippen LogP) is 4.21. The summed E-state index contributed by atoms with van der Waals surface area (Å²) in [5, 5.41) is 16.9. The number of amides is 1. The van der Waals surface area contributed by atoms with E-state index in [9.17, 15) is 9.90 Å². The van der Waals surface area contributed by atoms with Crippen molar-refractivity contribution in [3.05, 3.63) is 69.7 Å². The number of benzene rings is 2. The Morgan fingerprint density at radius 3 is 2.62 bits per heavy atom.